The van der Waals surface area contributed by atoms with Crippen molar-refractivity contribution in [1.82, 2.24) is 0 Å². The first-order valence-electron chi connectivity index (χ1n) is 10.3. The van der Waals surface area contributed by atoms with Crippen molar-refractivity contribution in [2.45, 2.75) is 25.9 Å². The quantitative estimate of drug-likeness (QED) is 0.290. The second-order valence-electron chi connectivity index (χ2n) is 7.78. The molecule has 5 heteroatoms. The fourth-order valence-corrected chi connectivity index (χ4v) is 4.77. The number of ether oxygens (including phenoxy) is 1. The van der Waals surface area contributed by atoms with E-state index < -0.39 is 5.97 Å². The maximum Gasteiger partial charge on any atom is 0.304 e. The highest BCUT2D eigenvalue weighted by atomic mass is 32.1. The summed E-state index contributed by atoms with van der Waals surface area (Å²) in [4.78, 5) is 11.0. The number of phenols is 1. The van der Waals surface area contributed by atoms with E-state index in [4.69, 9.17) is 9.84 Å². The van der Waals surface area contributed by atoms with Gasteiger partial charge in [-0.25, -0.2) is 0 Å². The number of benzene rings is 3. The summed E-state index contributed by atoms with van der Waals surface area (Å²) in [7, 11) is 0. The second kappa shape index (κ2) is 9.28. The van der Waals surface area contributed by atoms with Crippen LogP contribution in [-0.4, -0.2) is 16.2 Å². The minimum atomic E-state index is -0.846. The summed E-state index contributed by atoms with van der Waals surface area (Å²) in [6.07, 6.45) is 1.68. The number of phenolic OH excluding ortho intramolecular Hbond substituents is 1. The zero-order chi connectivity index (χ0) is 22.7. The summed E-state index contributed by atoms with van der Waals surface area (Å²) < 4.78 is 7.18. The Hall–Kier alpha value is -3.57. The molecule has 0 radical (unpaired) electrons. The Morgan fingerprint density at radius 1 is 1.09 bits per heavy atom. The molecule has 4 aromatic rings. The first kappa shape index (κ1) is 21.7. The third kappa shape index (κ3) is 4.68. The van der Waals surface area contributed by atoms with E-state index in [-0.39, 0.29) is 18.1 Å². The van der Waals surface area contributed by atoms with Gasteiger partial charge in [0.2, 0.25) is 0 Å². The molecule has 1 heterocycles. The maximum atomic E-state index is 11.0. The molecule has 1 atom stereocenters. The molecule has 0 fully saturated rings. The number of aromatic hydroxyl groups is 1. The molecule has 3 aromatic carbocycles. The van der Waals surface area contributed by atoms with E-state index in [1.807, 2.05) is 37.3 Å². The normalized spacial score (nSPS) is 11.9. The monoisotopic (exact) mass is 444 g/mol. The largest absolute Gasteiger partial charge is 0.508 e. The Morgan fingerprint density at radius 3 is 2.56 bits per heavy atom. The first-order chi connectivity index (χ1) is 15.4. The van der Waals surface area contributed by atoms with Crippen LogP contribution in [0.2, 0.25) is 0 Å². The zero-order valence-electron chi connectivity index (χ0n) is 17.7. The van der Waals surface area contributed by atoms with E-state index in [2.05, 4.69) is 30.2 Å². The Morgan fingerprint density at radius 2 is 1.88 bits per heavy atom. The number of allylic oxidation sites excluding steroid dienone is 1. The highest BCUT2D eigenvalue weighted by Crippen LogP contribution is 2.37. The first-order valence-corrected chi connectivity index (χ1v) is 11.2. The highest BCUT2D eigenvalue weighted by molar-refractivity contribution is 7.17. The topological polar surface area (TPSA) is 66.8 Å². The number of hydrogen-bond acceptors (Lipinski definition) is 4. The molecular formula is C27H24O4S. The SMILES string of the molecule is C=CC(CC(=O)O)c1ccc(OCc2ccc3scc(-c4ccc(O)cc4C)c3c2)cc1. The van der Waals surface area contributed by atoms with E-state index in [9.17, 15) is 9.90 Å². The van der Waals surface area contributed by atoms with Crippen LogP contribution in [0.25, 0.3) is 21.2 Å². The van der Waals surface area contributed by atoms with Gasteiger partial charge in [-0.05, 0) is 71.0 Å². The van der Waals surface area contributed by atoms with Gasteiger partial charge in [-0.2, -0.15) is 0 Å². The number of carbonyl (C=O) groups is 1. The molecule has 1 unspecified atom stereocenters. The van der Waals surface area contributed by atoms with Crippen LogP contribution < -0.4 is 4.74 Å². The van der Waals surface area contributed by atoms with Crippen LogP contribution in [0.4, 0.5) is 0 Å². The number of carboxylic acids is 1. The van der Waals surface area contributed by atoms with Crippen LogP contribution in [0.3, 0.4) is 0 Å². The minimum Gasteiger partial charge on any atom is -0.508 e. The van der Waals surface area contributed by atoms with Crippen LogP contribution in [0.1, 0.15) is 29.0 Å². The van der Waals surface area contributed by atoms with Crippen LogP contribution in [0.15, 0.2) is 78.7 Å². The lowest BCUT2D eigenvalue weighted by molar-refractivity contribution is -0.137. The Kier molecular flexibility index (Phi) is 6.28. The van der Waals surface area contributed by atoms with Crippen molar-refractivity contribution in [3.05, 3.63) is 95.4 Å². The summed E-state index contributed by atoms with van der Waals surface area (Å²) in [5, 5.41) is 22.1. The van der Waals surface area contributed by atoms with Crippen molar-refractivity contribution < 1.29 is 19.7 Å². The zero-order valence-corrected chi connectivity index (χ0v) is 18.6. The Bertz CT molecular complexity index is 1270. The van der Waals surface area contributed by atoms with Gasteiger partial charge >= 0.3 is 5.97 Å². The molecule has 0 aliphatic rings. The number of carboxylic acid groups (broad SMARTS) is 1. The second-order valence-corrected chi connectivity index (χ2v) is 8.69. The van der Waals surface area contributed by atoms with Crippen LogP contribution in [-0.2, 0) is 11.4 Å². The predicted octanol–water partition coefficient (Wildman–Crippen LogP) is 6.91. The summed E-state index contributed by atoms with van der Waals surface area (Å²) in [5.74, 6) is -0.0644. The molecule has 0 aliphatic heterocycles. The number of rotatable bonds is 8. The minimum absolute atomic E-state index is 0.0210. The fourth-order valence-electron chi connectivity index (χ4n) is 3.83. The average Bonchev–Trinajstić information content (AvgIpc) is 3.19. The molecule has 0 aliphatic carbocycles. The van der Waals surface area contributed by atoms with Crippen molar-refractivity contribution in [2.75, 3.05) is 0 Å². The molecule has 32 heavy (non-hydrogen) atoms. The van der Waals surface area contributed by atoms with Gasteiger partial charge < -0.3 is 14.9 Å². The maximum absolute atomic E-state index is 11.0. The van der Waals surface area contributed by atoms with E-state index in [1.54, 1.807) is 29.5 Å². The summed E-state index contributed by atoms with van der Waals surface area (Å²) in [6.45, 7) is 6.17. The molecule has 0 spiro atoms. The van der Waals surface area contributed by atoms with E-state index in [0.717, 1.165) is 33.6 Å². The smallest absolute Gasteiger partial charge is 0.304 e. The van der Waals surface area contributed by atoms with Gasteiger partial charge in [-0.3, -0.25) is 4.79 Å². The van der Waals surface area contributed by atoms with Crippen molar-refractivity contribution in [1.29, 1.82) is 0 Å². The van der Waals surface area contributed by atoms with E-state index >= 15 is 0 Å². The van der Waals surface area contributed by atoms with Crippen molar-refractivity contribution in [3.63, 3.8) is 0 Å². The lowest BCUT2D eigenvalue weighted by Crippen LogP contribution is -2.04. The third-order valence-electron chi connectivity index (χ3n) is 5.53. The van der Waals surface area contributed by atoms with E-state index in [0.29, 0.717) is 6.61 Å². The molecule has 4 nitrogen and oxygen atoms in total. The van der Waals surface area contributed by atoms with Crippen LogP contribution >= 0.6 is 11.3 Å². The highest BCUT2D eigenvalue weighted by Gasteiger charge is 2.13. The van der Waals surface area contributed by atoms with Gasteiger partial charge in [0.25, 0.3) is 0 Å². The van der Waals surface area contributed by atoms with Crippen LogP contribution in [0, 0.1) is 6.92 Å². The van der Waals surface area contributed by atoms with Gasteiger partial charge in [0.05, 0.1) is 6.42 Å². The number of aryl methyl sites for hydroxylation is 1. The summed E-state index contributed by atoms with van der Waals surface area (Å²) in [5.41, 5.74) is 5.27. The van der Waals surface area contributed by atoms with Crippen molar-refractivity contribution >= 4 is 27.4 Å². The number of hydrogen-bond donors (Lipinski definition) is 2. The Labute approximate surface area is 191 Å². The van der Waals surface area contributed by atoms with Gasteiger partial charge in [0.1, 0.15) is 18.1 Å². The lowest BCUT2D eigenvalue weighted by atomic mass is 9.96. The van der Waals surface area contributed by atoms with E-state index in [1.165, 1.54) is 10.1 Å². The fraction of sp³-hybridized carbons (Fsp3) is 0.148. The van der Waals surface area contributed by atoms with Gasteiger partial charge in [-0.1, -0.05) is 30.3 Å². The molecule has 4 rings (SSSR count). The predicted molar refractivity (Wildman–Crippen MR) is 130 cm³/mol. The number of aliphatic carboxylic acids is 1. The summed E-state index contributed by atoms with van der Waals surface area (Å²) in [6, 6.07) is 19.3. The average molecular weight is 445 g/mol. The van der Waals surface area contributed by atoms with Gasteiger partial charge in [0.15, 0.2) is 0 Å². The van der Waals surface area contributed by atoms with Crippen molar-refractivity contribution in [2.24, 2.45) is 0 Å². The van der Waals surface area contributed by atoms with Crippen LogP contribution in [0.5, 0.6) is 11.5 Å². The molecule has 0 amide bonds. The molecular weight excluding hydrogens is 420 g/mol. The van der Waals surface area contributed by atoms with Gasteiger partial charge in [-0.15, -0.1) is 17.9 Å². The molecule has 0 saturated carbocycles. The molecule has 162 valence electrons. The number of fused-ring (bicyclic) bond motifs is 1. The van der Waals surface area contributed by atoms with Crippen molar-refractivity contribution in [3.8, 4) is 22.6 Å². The van der Waals surface area contributed by atoms with Gasteiger partial charge in [0, 0.05) is 21.6 Å². The number of thiophene rings is 1. The lowest BCUT2D eigenvalue weighted by Gasteiger charge is -2.12. The third-order valence-corrected chi connectivity index (χ3v) is 6.49. The summed E-state index contributed by atoms with van der Waals surface area (Å²) >= 11 is 1.70. The molecule has 0 saturated heterocycles. The molecule has 2 N–H and O–H groups in total. The standard InChI is InChI=1S/C27H24O4S/c1-3-19(14-27(29)30)20-5-8-22(9-6-20)31-15-18-4-11-26-24(13-18)25(16-32-26)23-10-7-21(28)12-17(23)2/h3-13,16,19,28H,1,14-15H2,2H3,(H,29,30). The molecule has 1 aromatic heterocycles. The molecule has 0 bridgehead atoms. The Balaban J connectivity index is 1.51.